The van der Waals surface area contributed by atoms with Crippen LogP contribution in [0.3, 0.4) is 0 Å². The van der Waals surface area contributed by atoms with Crippen LogP contribution < -0.4 is 5.56 Å². The van der Waals surface area contributed by atoms with Crippen LogP contribution in [0.1, 0.15) is 19.0 Å². The van der Waals surface area contributed by atoms with Crippen LogP contribution in [-0.4, -0.2) is 9.97 Å². The number of nitrogens with zero attached hydrogens (tertiary/aromatic N) is 1. The molecule has 2 rings (SSSR count). The lowest BCUT2D eigenvalue weighted by atomic mass is 10.2. The molecule has 6 heteroatoms. The molecule has 0 saturated heterocycles. The molecule has 0 aliphatic rings. The second-order valence-electron chi connectivity index (χ2n) is 4.05. The van der Waals surface area contributed by atoms with E-state index in [1.165, 1.54) is 0 Å². The number of rotatable bonds is 3. The molecule has 2 aromatic rings. The molecular formula is C13H11BrClIN2O. The van der Waals surface area contributed by atoms with Crippen LogP contribution >= 0.6 is 50.1 Å². The van der Waals surface area contributed by atoms with E-state index in [9.17, 15) is 4.79 Å². The molecule has 100 valence electrons. The number of H-pyrrole nitrogens is 1. The van der Waals surface area contributed by atoms with E-state index in [4.69, 9.17) is 11.6 Å². The summed E-state index contributed by atoms with van der Waals surface area (Å²) in [6.07, 6.45) is 1.73. The van der Waals surface area contributed by atoms with E-state index in [1.807, 2.05) is 28.7 Å². The highest BCUT2D eigenvalue weighted by atomic mass is 127. The topological polar surface area (TPSA) is 45.8 Å². The molecule has 0 saturated carbocycles. The lowest BCUT2D eigenvalue weighted by Gasteiger charge is -2.08. The van der Waals surface area contributed by atoms with E-state index < -0.39 is 0 Å². The van der Waals surface area contributed by atoms with Crippen LogP contribution in [0.15, 0.2) is 27.5 Å². The number of nitrogens with one attached hydrogen (secondary N) is 1. The Labute approximate surface area is 138 Å². The van der Waals surface area contributed by atoms with Gasteiger partial charge in [-0.05, 0) is 47.2 Å². The van der Waals surface area contributed by atoms with Gasteiger partial charge in [0, 0.05) is 15.1 Å². The molecule has 0 spiro atoms. The van der Waals surface area contributed by atoms with Gasteiger partial charge in [0.2, 0.25) is 0 Å². The highest BCUT2D eigenvalue weighted by Crippen LogP contribution is 2.28. The Hall–Kier alpha value is -0.400. The lowest BCUT2D eigenvalue weighted by Crippen LogP contribution is -2.16. The Morgan fingerprint density at radius 1 is 1.47 bits per heavy atom. The number of benzene rings is 1. The van der Waals surface area contributed by atoms with Gasteiger partial charge in [-0.25, -0.2) is 4.98 Å². The molecule has 1 N–H and O–H groups in total. The minimum absolute atomic E-state index is 0.110. The number of aryl methyl sites for hydroxylation is 1. The summed E-state index contributed by atoms with van der Waals surface area (Å²) >= 11 is 11.5. The van der Waals surface area contributed by atoms with Crippen molar-refractivity contribution in [3.8, 4) is 11.4 Å². The number of hydrogen-bond acceptors (Lipinski definition) is 2. The van der Waals surface area contributed by atoms with E-state index in [0.717, 1.165) is 28.6 Å². The van der Waals surface area contributed by atoms with Gasteiger partial charge in [0.25, 0.3) is 5.56 Å². The van der Waals surface area contributed by atoms with Crippen LogP contribution in [0.2, 0.25) is 5.02 Å². The summed E-state index contributed by atoms with van der Waals surface area (Å²) in [6.45, 7) is 2.06. The van der Waals surface area contributed by atoms with E-state index in [0.29, 0.717) is 14.4 Å². The number of aromatic nitrogens is 2. The number of aromatic amines is 1. The summed E-state index contributed by atoms with van der Waals surface area (Å²) in [7, 11) is 0. The first-order valence-electron chi connectivity index (χ1n) is 5.77. The molecule has 0 amide bonds. The standard InChI is InChI=1S/C13H11BrClIN2O/c1-2-3-10-11(16)13(19)18-12(17-10)8-6-7(15)4-5-9(8)14/h4-6H,2-3H2,1H3,(H,17,18,19). The smallest absolute Gasteiger partial charge is 0.264 e. The van der Waals surface area contributed by atoms with Gasteiger partial charge in [0.1, 0.15) is 5.82 Å². The molecule has 19 heavy (non-hydrogen) atoms. The lowest BCUT2D eigenvalue weighted by molar-refractivity contribution is 0.860. The van der Waals surface area contributed by atoms with Crippen molar-refractivity contribution in [2.24, 2.45) is 0 Å². The van der Waals surface area contributed by atoms with Crippen LogP contribution in [0.5, 0.6) is 0 Å². The molecule has 0 unspecified atom stereocenters. The van der Waals surface area contributed by atoms with Crippen molar-refractivity contribution < 1.29 is 0 Å². The van der Waals surface area contributed by atoms with Crippen LogP contribution in [0.25, 0.3) is 11.4 Å². The van der Waals surface area contributed by atoms with Gasteiger partial charge in [0.15, 0.2) is 0 Å². The molecular weight excluding hydrogens is 442 g/mol. The Kier molecular flexibility index (Phi) is 5.03. The maximum Gasteiger partial charge on any atom is 0.264 e. The van der Waals surface area contributed by atoms with Crippen molar-refractivity contribution in [1.29, 1.82) is 0 Å². The minimum Gasteiger partial charge on any atom is -0.306 e. The Balaban J connectivity index is 2.62. The van der Waals surface area contributed by atoms with E-state index in [2.05, 4.69) is 32.8 Å². The summed E-state index contributed by atoms with van der Waals surface area (Å²) < 4.78 is 1.50. The van der Waals surface area contributed by atoms with Gasteiger partial charge in [-0.1, -0.05) is 40.9 Å². The average Bonchev–Trinajstić information content (AvgIpc) is 2.38. The predicted octanol–water partition coefficient (Wildman–Crippen LogP) is 4.41. The second kappa shape index (κ2) is 6.37. The van der Waals surface area contributed by atoms with Crippen molar-refractivity contribution in [3.63, 3.8) is 0 Å². The van der Waals surface area contributed by atoms with Gasteiger partial charge < -0.3 is 4.98 Å². The Morgan fingerprint density at radius 2 is 2.21 bits per heavy atom. The molecule has 1 heterocycles. The van der Waals surface area contributed by atoms with Crippen molar-refractivity contribution in [2.75, 3.05) is 0 Å². The zero-order valence-corrected chi connectivity index (χ0v) is 14.6. The van der Waals surface area contributed by atoms with E-state index >= 15 is 0 Å². The summed E-state index contributed by atoms with van der Waals surface area (Å²) in [5.41, 5.74) is 1.51. The summed E-state index contributed by atoms with van der Waals surface area (Å²) in [4.78, 5) is 19.3. The van der Waals surface area contributed by atoms with Gasteiger partial charge in [-0.15, -0.1) is 0 Å². The molecule has 0 radical (unpaired) electrons. The fraction of sp³-hybridized carbons (Fsp3) is 0.231. The molecule has 1 aromatic heterocycles. The normalized spacial score (nSPS) is 10.7. The number of halogens is 3. The second-order valence-corrected chi connectivity index (χ2v) is 6.42. The van der Waals surface area contributed by atoms with Gasteiger partial charge in [-0.2, -0.15) is 0 Å². The van der Waals surface area contributed by atoms with Gasteiger partial charge in [-0.3, -0.25) is 4.79 Å². The zero-order valence-electron chi connectivity index (χ0n) is 10.1. The third-order valence-electron chi connectivity index (χ3n) is 2.60. The third kappa shape index (κ3) is 3.38. The first kappa shape index (κ1) is 15.0. The van der Waals surface area contributed by atoms with Crippen LogP contribution in [0, 0.1) is 3.57 Å². The SMILES string of the molecule is CCCc1nc(-c2cc(Cl)ccc2Br)[nH]c(=O)c1I. The first-order valence-corrected chi connectivity index (χ1v) is 8.02. The summed E-state index contributed by atoms with van der Waals surface area (Å²) in [6, 6.07) is 5.41. The van der Waals surface area contributed by atoms with E-state index in [1.54, 1.807) is 12.1 Å². The quantitative estimate of drug-likeness (QED) is 0.700. The molecule has 1 aromatic carbocycles. The third-order valence-corrected chi connectivity index (χ3v) is 4.64. The molecule has 0 aliphatic carbocycles. The number of hydrogen-bond donors (Lipinski definition) is 1. The molecule has 0 aliphatic heterocycles. The Bertz CT molecular complexity index is 672. The van der Waals surface area contributed by atoms with Crippen molar-refractivity contribution in [3.05, 3.63) is 47.3 Å². The summed E-state index contributed by atoms with van der Waals surface area (Å²) in [5.74, 6) is 0.545. The maximum absolute atomic E-state index is 12.0. The van der Waals surface area contributed by atoms with Crippen molar-refractivity contribution in [2.45, 2.75) is 19.8 Å². The van der Waals surface area contributed by atoms with E-state index in [-0.39, 0.29) is 5.56 Å². The van der Waals surface area contributed by atoms with Gasteiger partial charge in [0.05, 0.1) is 9.26 Å². The van der Waals surface area contributed by atoms with Gasteiger partial charge >= 0.3 is 0 Å². The predicted molar refractivity (Wildman–Crippen MR) is 89.7 cm³/mol. The van der Waals surface area contributed by atoms with Crippen LogP contribution in [-0.2, 0) is 6.42 Å². The zero-order chi connectivity index (χ0) is 14.0. The van der Waals surface area contributed by atoms with Crippen molar-refractivity contribution in [1.82, 2.24) is 9.97 Å². The fourth-order valence-electron chi connectivity index (χ4n) is 1.71. The average molecular weight is 454 g/mol. The fourth-order valence-corrected chi connectivity index (χ4v) is 2.85. The summed E-state index contributed by atoms with van der Waals surface area (Å²) in [5, 5.41) is 0.608. The highest BCUT2D eigenvalue weighted by Gasteiger charge is 2.12. The first-order chi connectivity index (χ1) is 9.02. The molecule has 0 bridgehead atoms. The molecule has 0 atom stereocenters. The Morgan fingerprint density at radius 3 is 2.89 bits per heavy atom. The van der Waals surface area contributed by atoms with Crippen LogP contribution in [0.4, 0.5) is 0 Å². The molecule has 3 nitrogen and oxygen atoms in total. The monoisotopic (exact) mass is 452 g/mol. The molecule has 0 fully saturated rings. The largest absolute Gasteiger partial charge is 0.306 e. The minimum atomic E-state index is -0.110. The highest BCUT2D eigenvalue weighted by molar-refractivity contribution is 14.1. The van der Waals surface area contributed by atoms with Crippen molar-refractivity contribution >= 4 is 50.1 Å². The maximum atomic E-state index is 12.0.